The summed E-state index contributed by atoms with van der Waals surface area (Å²) in [7, 11) is -3.51. The quantitative estimate of drug-likeness (QED) is 0.0962. The molecule has 0 amide bonds. The SMILES string of the molecule is CCCCCCCCCCCCO[PH](=O)[O-].CCCC[P+](CCCC)(CCCC)CCCC. The molecule has 0 aromatic rings. The van der Waals surface area contributed by atoms with Crippen LogP contribution in [-0.4, -0.2) is 31.3 Å². The van der Waals surface area contributed by atoms with Crippen molar-refractivity contribution in [1.29, 1.82) is 0 Å². The monoisotopic (exact) mass is 508 g/mol. The Balaban J connectivity index is 0. The first-order valence-corrected chi connectivity index (χ1v) is 18.5. The fourth-order valence-electron chi connectivity index (χ4n) is 4.39. The lowest BCUT2D eigenvalue weighted by molar-refractivity contribution is -0.185. The van der Waals surface area contributed by atoms with Gasteiger partial charge in [-0.15, -0.1) is 0 Å². The lowest BCUT2D eigenvalue weighted by Crippen LogP contribution is -2.12. The van der Waals surface area contributed by atoms with Crippen molar-refractivity contribution in [3.8, 4) is 0 Å². The summed E-state index contributed by atoms with van der Waals surface area (Å²) in [6.07, 6.45) is 30.5. The number of unbranched alkanes of at least 4 members (excludes halogenated alkanes) is 13. The molecule has 0 aliphatic carbocycles. The molecule has 0 radical (unpaired) electrons. The van der Waals surface area contributed by atoms with Crippen LogP contribution >= 0.6 is 15.5 Å². The molecule has 0 rings (SSSR count). The first kappa shape index (κ1) is 35.7. The van der Waals surface area contributed by atoms with E-state index in [1.54, 1.807) is 24.6 Å². The van der Waals surface area contributed by atoms with E-state index >= 15 is 0 Å². The molecule has 0 fully saturated rings. The molecule has 1 atom stereocenters. The Labute approximate surface area is 210 Å². The van der Waals surface area contributed by atoms with E-state index < -0.39 is 15.5 Å². The van der Waals surface area contributed by atoms with Crippen LogP contribution in [0.4, 0.5) is 0 Å². The number of hydrogen-bond acceptors (Lipinski definition) is 3. The van der Waals surface area contributed by atoms with Gasteiger partial charge >= 0.3 is 0 Å². The van der Waals surface area contributed by atoms with Gasteiger partial charge in [0.1, 0.15) is 8.25 Å². The molecule has 0 N–H and O–H groups in total. The van der Waals surface area contributed by atoms with E-state index in [-0.39, 0.29) is 0 Å². The van der Waals surface area contributed by atoms with Gasteiger partial charge in [0.05, 0.1) is 31.3 Å². The van der Waals surface area contributed by atoms with E-state index in [0.717, 1.165) is 12.8 Å². The molecule has 0 aromatic carbocycles. The van der Waals surface area contributed by atoms with Gasteiger partial charge in [0.2, 0.25) is 0 Å². The first-order chi connectivity index (χ1) is 16.0. The molecule has 202 valence electrons. The topological polar surface area (TPSA) is 49.4 Å². The molecule has 1 unspecified atom stereocenters. The Morgan fingerprint density at radius 2 is 0.818 bits per heavy atom. The summed E-state index contributed by atoms with van der Waals surface area (Å²) in [5.41, 5.74) is 0. The van der Waals surface area contributed by atoms with E-state index in [2.05, 4.69) is 39.1 Å². The minimum Gasteiger partial charge on any atom is -0.781 e. The van der Waals surface area contributed by atoms with Crippen LogP contribution in [0, 0.1) is 0 Å². The zero-order valence-corrected chi connectivity index (χ0v) is 25.3. The summed E-state index contributed by atoms with van der Waals surface area (Å²) in [5, 5.41) is 0. The Kier molecular flexibility index (Phi) is 31.2. The molecule has 0 aliphatic heterocycles. The molecule has 0 saturated heterocycles. The van der Waals surface area contributed by atoms with Crippen molar-refractivity contribution in [2.45, 2.75) is 150 Å². The average molecular weight is 509 g/mol. The summed E-state index contributed by atoms with van der Waals surface area (Å²) in [5.74, 6) is 0. The predicted octanol–water partition coefficient (Wildman–Crippen LogP) is 9.88. The Morgan fingerprint density at radius 3 is 1.12 bits per heavy atom. The molecule has 0 heterocycles. The van der Waals surface area contributed by atoms with Gasteiger partial charge < -0.3 is 14.0 Å². The van der Waals surface area contributed by atoms with Crippen LogP contribution in [0.2, 0.25) is 0 Å². The Hall–Kier alpha value is 0.580. The second-order valence-electron chi connectivity index (χ2n) is 9.93. The second-order valence-corrected chi connectivity index (χ2v) is 15.2. The highest BCUT2D eigenvalue weighted by Gasteiger charge is 2.34. The fourth-order valence-corrected chi connectivity index (χ4v) is 9.99. The van der Waals surface area contributed by atoms with Crippen LogP contribution in [-0.2, 0) is 9.09 Å². The van der Waals surface area contributed by atoms with Crippen LogP contribution in [0.1, 0.15) is 150 Å². The Bertz CT molecular complexity index is 354. The predicted molar refractivity (Wildman–Crippen MR) is 153 cm³/mol. The molecule has 5 heteroatoms. The third kappa shape index (κ3) is 27.0. The molecular weight excluding hydrogens is 446 g/mol. The van der Waals surface area contributed by atoms with Crippen molar-refractivity contribution < 1.29 is 14.0 Å². The number of rotatable bonds is 24. The zero-order valence-electron chi connectivity index (χ0n) is 23.4. The maximum Gasteiger partial charge on any atom is 0.122 e. The van der Waals surface area contributed by atoms with Crippen LogP contribution in [0.15, 0.2) is 0 Å². The molecule has 0 aromatic heterocycles. The highest BCUT2D eigenvalue weighted by Crippen LogP contribution is 2.61. The Morgan fingerprint density at radius 1 is 0.515 bits per heavy atom. The molecule has 0 spiro atoms. The van der Waals surface area contributed by atoms with Crippen molar-refractivity contribution in [2.24, 2.45) is 0 Å². The second kappa shape index (κ2) is 28.8. The summed E-state index contributed by atoms with van der Waals surface area (Å²) in [6, 6.07) is 0. The van der Waals surface area contributed by atoms with Crippen molar-refractivity contribution in [3.63, 3.8) is 0 Å². The van der Waals surface area contributed by atoms with E-state index in [1.807, 2.05) is 0 Å². The minimum absolute atomic E-state index is 0.373. The standard InChI is InChI=1S/C16H36P.C12H27O3P/c1-5-9-13-17(14-10-6-2,15-11-7-3)16-12-8-4;1-2-3-4-5-6-7-8-9-10-11-12-15-16(13)14/h5-16H2,1-4H3;16H,2-12H2,1H3,(H,13,14)/q+1;/p-1. The van der Waals surface area contributed by atoms with Crippen LogP contribution in [0.5, 0.6) is 0 Å². The largest absolute Gasteiger partial charge is 0.781 e. The summed E-state index contributed by atoms with van der Waals surface area (Å²) >= 11 is 0. The van der Waals surface area contributed by atoms with E-state index in [1.165, 1.54) is 103 Å². The molecule has 0 aliphatic rings. The van der Waals surface area contributed by atoms with E-state index in [4.69, 9.17) is 0 Å². The van der Waals surface area contributed by atoms with Crippen LogP contribution < -0.4 is 4.89 Å². The van der Waals surface area contributed by atoms with Gasteiger partial charge in [-0.2, -0.15) is 0 Å². The third-order valence-electron chi connectivity index (χ3n) is 6.66. The van der Waals surface area contributed by atoms with Crippen LogP contribution in [0.25, 0.3) is 0 Å². The fraction of sp³-hybridized carbons (Fsp3) is 1.00. The first-order valence-electron chi connectivity index (χ1n) is 14.7. The highest BCUT2D eigenvalue weighted by molar-refractivity contribution is 7.75. The van der Waals surface area contributed by atoms with Gasteiger partial charge in [-0.25, -0.2) is 0 Å². The molecule has 0 bridgehead atoms. The molecule has 0 saturated carbocycles. The lowest BCUT2D eigenvalue weighted by Gasteiger charge is -2.28. The molecule has 3 nitrogen and oxygen atoms in total. The maximum atomic E-state index is 10.1. The minimum atomic E-state index is -2.94. The van der Waals surface area contributed by atoms with E-state index in [9.17, 15) is 9.46 Å². The van der Waals surface area contributed by atoms with Gasteiger partial charge in [-0.05, 0) is 32.1 Å². The van der Waals surface area contributed by atoms with Gasteiger partial charge in [0.15, 0.2) is 0 Å². The van der Waals surface area contributed by atoms with Crippen molar-refractivity contribution in [1.82, 2.24) is 0 Å². The normalized spacial score (nSPS) is 12.4. The van der Waals surface area contributed by atoms with Gasteiger partial charge in [-0.3, -0.25) is 0 Å². The maximum absolute atomic E-state index is 10.1. The van der Waals surface area contributed by atoms with Gasteiger partial charge in [0.25, 0.3) is 0 Å². The molecule has 33 heavy (non-hydrogen) atoms. The van der Waals surface area contributed by atoms with Gasteiger partial charge in [-0.1, -0.05) is 118 Å². The van der Waals surface area contributed by atoms with E-state index in [0.29, 0.717) is 6.61 Å². The van der Waals surface area contributed by atoms with Crippen molar-refractivity contribution in [3.05, 3.63) is 0 Å². The summed E-state index contributed by atoms with van der Waals surface area (Å²) in [6.45, 7) is 12.0. The summed E-state index contributed by atoms with van der Waals surface area (Å²) < 4.78 is 14.6. The van der Waals surface area contributed by atoms with Crippen molar-refractivity contribution >= 4 is 15.5 Å². The lowest BCUT2D eigenvalue weighted by atomic mass is 10.1. The zero-order chi connectivity index (χ0) is 25.0. The highest BCUT2D eigenvalue weighted by atomic mass is 31.2. The van der Waals surface area contributed by atoms with Crippen molar-refractivity contribution in [2.75, 3.05) is 31.3 Å². The smallest absolute Gasteiger partial charge is 0.122 e. The average Bonchev–Trinajstić information content (AvgIpc) is 2.82. The van der Waals surface area contributed by atoms with Crippen LogP contribution in [0.3, 0.4) is 0 Å². The molecular formula is C28H62O3P2. The summed E-state index contributed by atoms with van der Waals surface area (Å²) in [4.78, 5) is 10.1. The van der Waals surface area contributed by atoms with Gasteiger partial charge in [0, 0.05) is 7.26 Å². The number of hydrogen-bond donors (Lipinski definition) is 0. The third-order valence-corrected chi connectivity index (χ3v) is 12.2.